The first-order valence-corrected chi connectivity index (χ1v) is 12.0. The highest BCUT2D eigenvalue weighted by Crippen LogP contribution is 2.38. The second-order valence-electron chi connectivity index (χ2n) is 8.94. The van der Waals surface area contributed by atoms with E-state index in [-0.39, 0.29) is 12.2 Å². The minimum absolute atomic E-state index is 0.0707. The third kappa shape index (κ3) is 7.33. The maximum absolute atomic E-state index is 14.6. The Morgan fingerprint density at radius 2 is 1.55 bits per heavy atom. The number of rotatable bonds is 10. The molecule has 0 heterocycles. The van der Waals surface area contributed by atoms with Gasteiger partial charge in [0.15, 0.2) is 0 Å². The summed E-state index contributed by atoms with van der Waals surface area (Å²) in [7, 11) is 0. The van der Waals surface area contributed by atoms with Crippen molar-refractivity contribution in [2.75, 3.05) is 0 Å². The Kier molecular flexibility index (Phi) is 9.37. The van der Waals surface area contributed by atoms with E-state index in [2.05, 4.69) is 19.1 Å². The lowest BCUT2D eigenvalue weighted by Gasteiger charge is -2.27. The third-order valence-electron chi connectivity index (χ3n) is 6.52. The largest absolute Gasteiger partial charge is 0.391 e. The molecule has 1 unspecified atom stereocenters. The van der Waals surface area contributed by atoms with Crippen molar-refractivity contribution < 1.29 is 17.9 Å². The fraction of sp³-hybridized carbons (Fsp3) is 0.448. The predicted octanol–water partition coefficient (Wildman–Crippen LogP) is 8.87. The maximum atomic E-state index is 14.6. The zero-order valence-electron chi connectivity index (χ0n) is 19.7. The molecule has 0 N–H and O–H groups in total. The van der Waals surface area contributed by atoms with Gasteiger partial charge in [0.25, 0.3) is 0 Å². The van der Waals surface area contributed by atoms with Gasteiger partial charge in [0.05, 0.1) is 6.61 Å². The summed E-state index contributed by atoms with van der Waals surface area (Å²) in [5.74, 6) is 1.18. The van der Waals surface area contributed by atoms with E-state index >= 15 is 0 Å². The minimum atomic E-state index is -3.89. The lowest BCUT2D eigenvalue weighted by Crippen LogP contribution is -2.27. The second-order valence-corrected chi connectivity index (χ2v) is 8.94. The summed E-state index contributed by atoms with van der Waals surface area (Å²) in [5.41, 5.74) is 2.78. The van der Waals surface area contributed by atoms with Crippen LogP contribution in [-0.2, 0) is 17.8 Å². The van der Waals surface area contributed by atoms with Gasteiger partial charge in [-0.3, -0.25) is 0 Å². The van der Waals surface area contributed by atoms with E-state index in [0.29, 0.717) is 17.4 Å². The van der Waals surface area contributed by atoms with Crippen molar-refractivity contribution in [2.24, 2.45) is 5.92 Å². The Balaban J connectivity index is 1.52. The van der Waals surface area contributed by atoms with E-state index in [1.54, 1.807) is 12.1 Å². The lowest BCUT2D eigenvalue weighted by atomic mass is 9.78. The molecule has 0 saturated heterocycles. The summed E-state index contributed by atoms with van der Waals surface area (Å²) >= 11 is 0. The van der Waals surface area contributed by atoms with Gasteiger partial charge in [-0.1, -0.05) is 72.8 Å². The summed E-state index contributed by atoms with van der Waals surface area (Å²) in [4.78, 5) is 0. The van der Waals surface area contributed by atoms with E-state index in [9.17, 15) is 13.2 Å². The van der Waals surface area contributed by atoms with Crippen LogP contribution in [-0.4, -0.2) is 6.11 Å². The normalized spacial score (nSPS) is 20.5. The maximum Gasteiger partial charge on any atom is 0.391 e. The van der Waals surface area contributed by atoms with Crippen LogP contribution in [0.25, 0.3) is 0 Å². The van der Waals surface area contributed by atoms with Crippen molar-refractivity contribution in [1.29, 1.82) is 0 Å². The topological polar surface area (TPSA) is 9.23 Å². The van der Waals surface area contributed by atoms with Gasteiger partial charge >= 0.3 is 6.11 Å². The number of allylic oxidation sites excluding steroid dienone is 4. The Morgan fingerprint density at radius 1 is 0.909 bits per heavy atom. The molecular weight excluding hydrogens is 421 g/mol. The number of ether oxygens (including phenoxy) is 1. The SMILES string of the molecule is C/C=C/CCc1ccc(C(F)C(F)(F)OCc2ccc(C3CCC(/C=C/C)CC3)cc2)cc1. The van der Waals surface area contributed by atoms with E-state index in [1.807, 2.05) is 43.3 Å². The van der Waals surface area contributed by atoms with Crippen LogP contribution in [0.15, 0.2) is 72.8 Å². The highest BCUT2D eigenvalue weighted by atomic mass is 19.3. The molecule has 0 amide bonds. The van der Waals surface area contributed by atoms with Gasteiger partial charge in [0.1, 0.15) is 0 Å². The summed E-state index contributed by atoms with van der Waals surface area (Å²) in [6, 6.07) is 13.9. The predicted molar refractivity (Wildman–Crippen MR) is 129 cm³/mol. The van der Waals surface area contributed by atoms with Gasteiger partial charge < -0.3 is 4.74 Å². The Bertz CT molecular complexity index is 891. The summed E-state index contributed by atoms with van der Waals surface area (Å²) < 4.78 is 48.1. The van der Waals surface area contributed by atoms with E-state index in [4.69, 9.17) is 4.74 Å². The Hall–Kier alpha value is -2.33. The van der Waals surface area contributed by atoms with Crippen LogP contribution in [0.3, 0.4) is 0 Å². The molecule has 2 aromatic rings. The molecule has 0 aliphatic heterocycles. The molecule has 1 aliphatic carbocycles. The van der Waals surface area contributed by atoms with Crippen LogP contribution in [0.2, 0.25) is 0 Å². The first kappa shape index (κ1) is 25.3. The second kappa shape index (κ2) is 12.2. The van der Waals surface area contributed by atoms with E-state index < -0.39 is 12.3 Å². The number of benzene rings is 2. The average molecular weight is 457 g/mol. The third-order valence-corrected chi connectivity index (χ3v) is 6.52. The molecule has 0 bridgehead atoms. The highest BCUT2D eigenvalue weighted by Gasteiger charge is 2.42. The Morgan fingerprint density at radius 3 is 2.15 bits per heavy atom. The van der Waals surface area contributed by atoms with Crippen LogP contribution in [0.5, 0.6) is 0 Å². The monoisotopic (exact) mass is 456 g/mol. The fourth-order valence-electron chi connectivity index (χ4n) is 4.52. The van der Waals surface area contributed by atoms with Crippen molar-refractivity contribution in [1.82, 2.24) is 0 Å². The van der Waals surface area contributed by atoms with Gasteiger partial charge in [0, 0.05) is 0 Å². The van der Waals surface area contributed by atoms with Crippen molar-refractivity contribution in [3.63, 3.8) is 0 Å². The molecule has 1 atom stereocenters. The minimum Gasteiger partial charge on any atom is -0.313 e. The molecule has 0 radical (unpaired) electrons. The fourth-order valence-corrected chi connectivity index (χ4v) is 4.52. The molecule has 3 rings (SSSR count). The number of aryl methyl sites for hydroxylation is 1. The number of alkyl halides is 3. The van der Waals surface area contributed by atoms with Gasteiger partial charge in [-0.15, -0.1) is 0 Å². The molecule has 1 saturated carbocycles. The summed E-state index contributed by atoms with van der Waals surface area (Å²) in [6.07, 6.45) is 8.32. The van der Waals surface area contributed by atoms with Gasteiger partial charge in [0.2, 0.25) is 6.17 Å². The molecule has 1 nitrogen and oxygen atoms in total. The number of hydrogen-bond acceptors (Lipinski definition) is 1. The molecule has 4 heteroatoms. The molecule has 1 fully saturated rings. The van der Waals surface area contributed by atoms with E-state index in [1.165, 1.54) is 30.5 Å². The molecule has 33 heavy (non-hydrogen) atoms. The van der Waals surface area contributed by atoms with Crippen molar-refractivity contribution in [2.45, 2.75) is 77.2 Å². The van der Waals surface area contributed by atoms with Crippen LogP contribution >= 0.6 is 0 Å². The van der Waals surface area contributed by atoms with Crippen molar-refractivity contribution >= 4 is 0 Å². The van der Waals surface area contributed by atoms with Crippen LogP contribution in [0, 0.1) is 5.92 Å². The first-order valence-electron chi connectivity index (χ1n) is 12.0. The van der Waals surface area contributed by atoms with Gasteiger partial charge in [-0.2, -0.15) is 8.78 Å². The lowest BCUT2D eigenvalue weighted by molar-refractivity contribution is -0.282. The summed E-state index contributed by atoms with van der Waals surface area (Å²) in [5, 5.41) is 0. The van der Waals surface area contributed by atoms with Crippen molar-refractivity contribution in [3.8, 4) is 0 Å². The van der Waals surface area contributed by atoms with Crippen molar-refractivity contribution in [3.05, 3.63) is 95.1 Å². The van der Waals surface area contributed by atoms with Crippen LogP contribution in [0.1, 0.15) is 80.3 Å². The number of hydrogen-bond donors (Lipinski definition) is 0. The smallest absolute Gasteiger partial charge is 0.313 e. The molecular formula is C29H35F3O. The Labute approximate surface area is 196 Å². The molecule has 1 aliphatic rings. The first-order chi connectivity index (χ1) is 15.9. The molecule has 2 aromatic carbocycles. The average Bonchev–Trinajstić information content (AvgIpc) is 2.84. The molecule has 178 valence electrons. The van der Waals surface area contributed by atoms with Crippen LogP contribution in [0.4, 0.5) is 13.2 Å². The van der Waals surface area contributed by atoms with Gasteiger partial charge in [-0.05, 0) is 86.5 Å². The van der Waals surface area contributed by atoms with Gasteiger partial charge in [-0.25, -0.2) is 4.39 Å². The standard InChI is InChI=1S/C29H35F3O/c1-3-5-6-8-23-11-19-27(20-12-23)28(30)29(31,32)33-21-24-13-17-26(18-14-24)25-15-9-22(7-4-2)10-16-25/h3-5,7,11-14,17-20,22,25,28H,6,8-10,15-16,21H2,1-2H3/b5-3+,7-4+. The highest BCUT2D eigenvalue weighted by molar-refractivity contribution is 5.27. The number of halogens is 3. The molecule has 0 spiro atoms. The summed E-state index contributed by atoms with van der Waals surface area (Å²) in [6.45, 7) is 3.68. The van der Waals surface area contributed by atoms with Crippen LogP contribution < -0.4 is 0 Å². The molecule has 0 aromatic heterocycles. The zero-order valence-corrected chi connectivity index (χ0v) is 19.7. The van der Waals surface area contributed by atoms with E-state index in [0.717, 1.165) is 31.2 Å². The quantitative estimate of drug-likeness (QED) is 0.324. The zero-order chi connectivity index (χ0) is 23.7.